The summed E-state index contributed by atoms with van der Waals surface area (Å²) in [4.78, 5) is 31.9. The normalized spacial score (nSPS) is 16.5. The molecule has 3 rings (SSSR count). The first kappa shape index (κ1) is 25.1. The molecule has 0 bridgehead atoms. The van der Waals surface area contributed by atoms with Crippen LogP contribution in [0.25, 0.3) is 0 Å². The van der Waals surface area contributed by atoms with E-state index < -0.39 is 67.3 Å². The summed E-state index contributed by atoms with van der Waals surface area (Å²) in [6.45, 7) is -0.875. The van der Waals surface area contributed by atoms with Gasteiger partial charge in [0, 0.05) is 37.2 Å². The first-order chi connectivity index (χ1) is 15.2. The minimum absolute atomic E-state index is 0.116. The molecule has 4 N–H and O–H groups in total. The van der Waals surface area contributed by atoms with Crippen LogP contribution in [0.4, 0.5) is 26.3 Å². The van der Waals surface area contributed by atoms with Crippen molar-refractivity contribution in [2.24, 2.45) is 5.73 Å². The number of halogens is 6. The maximum absolute atomic E-state index is 14.2. The number of nitrogens with two attached hydrogens (primary N) is 1. The third kappa shape index (κ3) is 5.70. The van der Waals surface area contributed by atoms with E-state index in [2.05, 4.69) is 14.7 Å². The van der Waals surface area contributed by atoms with Gasteiger partial charge in [0.25, 0.3) is 0 Å². The molecule has 17 heteroatoms. The molecule has 0 fully saturated rings. The third-order valence-electron chi connectivity index (χ3n) is 4.76. The van der Waals surface area contributed by atoms with Crippen LogP contribution >= 0.6 is 7.82 Å². The number of nitrogens with zero attached hydrogens (tertiary/aromatic N) is 4. The fourth-order valence-corrected chi connectivity index (χ4v) is 3.85. The number of hydrogen-bond donors (Lipinski definition) is 3. The van der Waals surface area contributed by atoms with Crippen LogP contribution in [-0.2, 0) is 33.1 Å². The van der Waals surface area contributed by atoms with Crippen molar-refractivity contribution in [3.63, 3.8) is 0 Å². The number of benzene rings is 1. The summed E-state index contributed by atoms with van der Waals surface area (Å²) in [5, 5.41) is 6.48. The van der Waals surface area contributed by atoms with Crippen LogP contribution in [0.15, 0.2) is 12.1 Å². The fourth-order valence-electron chi connectivity index (χ4n) is 3.29. The van der Waals surface area contributed by atoms with Gasteiger partial charge in [0.2, 0.25) is 11.7 Å². The molecule has 0 aliphatic carbocycles. The van der Waals surface area contributed by atoms with Gasteiger partial charge in [-0.05, 0) is 6.07 Å². The first-order valence-electron chi connectivity index (χ1n) is 9.08. The predicted octanol–water partition coefficient (Wildman–Crippen LogP) is 1.62. The highest BCUT2D eigenvalue weighted by atomic mass is 31.2. The van der Waals surface area contributed by atoms with E-state index in [1.54, 1.807) is 0 Å². The lowest BCUT2D eigenvalue weighted by Crippen LogP contribution is -2.43. The van der Waals surface area contributed by atoms with Crippen molar-refractivity contribution in [1.29, 1.82) is 0 Å². The van der Waals surface area contributed by atoms with Gasteiger partial charge in [0.15, 0.2) is 17.5 Å². The van der Waals surface area contributed by atoms with Crippen molar-refractivity contribution in [1.82, 2.24) is 19.7 Å². The van der Waals surface area contributed by atoms with Crippen molar-refractivity contribution in [2.75, 3.05) is 6.54 Å². The molecule has 0 spiro atoms. The monoisotopic (exact) mass is 503 g/mol. The van der Waals surface area contributed by atoms with Gasteiger partial charge < -0.3 is 25.0 Å². The molecule has 1 aliphatic heterocycles. The Kier molecular flexibility index (Phi) is 6.87. The van der Waals surface area contributed by atoms with Gasteiger partial charge >= 0.3 is 14.0 Å². The Morgan fingerprint density at radius 1 is 1.15 bits per heavy atom. The number of amides is 1. The van der Waals surface area contributed by atoms with Gasteiger partial charge in [-0.25, -0.2) is 17.7 Å². The highest BCUT2D eigenvalue weighted by Gasteiger charge is 2.40. The number of carbonyl (C=O) groups excluding carboxylic acids is 1. The summed E-state index contributed by atoms with van der Waals surface area (Å²) in [6, 6.07) is -1.25. The lowest BCUT2D eigenvalue weighted by molar-refractivity contribution is -0.148. The van der Waals surface area contributed by atoms with Gasteiger partial charge in [-0.15, -0.1) is 10.2 Å². The Morgan fingerprint density at radius 3 is 2.39 bits per heavy atom. The van der Waals surface area contributed by atoms with Gasteiger partial charge in [0.05, 0.1) is 6.54 Å². The number of phosphoric acid groups is 1. The second-order valence-corrected chi connectivity index (χ2v) is 8.27. The molecular formula is C16H16F6N5O5P. The Morgan fingerprint density at radius 2 is 1.79 bits per heavy atom. The maximum atomic E-state index is 14.2. The molecule has 0 radical (unpaired) electrons. The van der Waals surface area contributed by atoms with Crippen LogP contribution in [-0.4, -0.2) is 47.9 Å². The second kappa shape index (κ2) is 9.02. The summed E-state index contributed by atoms with van der Waals surface area (Å²) in [6.07, 6.45) is -7.54. The van der Waals surface area contributed by atoms with E-state index in [0.717, 1.165) is 9.47 Å². The summed E-state index contributed by atoms with van der Waals surface area (Å²) < 4.78 is 96.3. The molecule has 1 unspecified atom stereocenters. The number of alkyl halides is 3. The van der Waals surface area contributed by atoms with Gasteiger partial charge in [-0.3, -0.25) is 9.32 Å². The zero-order valence-electron chi connectivity index (χ0n) is 16.3. The Balaban J connectivity index is 1.79. The number of fused-ring (bicyclic) bond motifs is 1. The second-order valence-electron chi connectivity index (χ2n) is 7.08. The Hall–Kier alpha value is -2.52. The molecule has 0 saturated carbocycles. The highest BCUT2D eigenvalue weighted by Crippen LogP contribution is 2.44. The zero-order valence-corrected chi connectivity index (χ0v) is 17.2. The molecule has 1 aliphatic rings. The van der Waals surface area contributed by atoms with E-state index in [9.17, 15) is 35.7 Å². The molecular weight excluding hydrogens is 487 g/mol. The zero-order chi connectivity index (χ0) is 24.7. The molecule has 33 heavy (non-hydrogen) atoms. The van der Waals surface area contributed by atoms with E-state index in [1.165, 1.54) is 0 Å². The lowest BCUT2D eigenvalue weighted by atomic mass is 9.99. The van der Waals surface area contributed by atoms with Crippen LogP contribution < -0.4 is 5.73 Å². The fraction of sp³-hybridized carbons (Fsp3) is 0.438. The van der Waals surface area contributed by atoms with Crippen LogP contribution in [0.5, 0.6) is 0 Å². The van der Waals surface area contributed by atoms with Crippen molar-refractivity contribution >= 4 is 13.7 Å². The molecule has 2 heterocycles. The summed E-state index contributed by atoms with van der Waals surface area (Å²) >= 11 is 0. The van der Waals surface area contributed by atoms with Gasteiger partial charge in [-0.1, -0.05) is 0 Å². The Bertz CT molecular complexity index is 1110. The van der Waals surface area contributed by atoms with Crippen molar-refractivity contribution in [3.8, 4) is 0 Å². The molecule has 1 aromatic carbocycles. The largest absolute Gasteiger partial charge is 0.470 e. The van der Waals surface area contributed by atoms with Crippen LogP contribution in [0.2, 0.25) is 0 Å². The first-order valence-corrected chi connectivity index (χ1v) is 10.6. The third-order valence-corrected chi connectivity index (χ3v) is 5.26. The van der Waals surface area contributed by atoms with E-state index >= 15 is 0 Å². The molecule has 1 aromatic heterocycles. The summed E-state index contributed by atoms with van der Waals surface area (Å²) in [7, 11) is -5.34. The average molecular weight is 503 g/mol. The van der Waals surface area contributed by atoms with Crippen molar-refractivity contribution in [3.05, 3.63) is 46.8 Å². The van der Waals surface area contributed by atoms with Crippen molar-refractivity contribution in [2.45, 2.75) is 37.8 Å². The number of phosphoric ester groups is 1. The topological polar surface area (TPSA) is 144 Å². The number of hydrogen-bond acceptors (Lipinski definition) is 6. The molecule has 182 valence electrons. The van der Waals surface area contributed by atoms with Crippen molar-refractivity contribution < 1.29 is 50.0 Å². The molecule has 2 atom stereocenters. The predicted molar refractivity (Wildman–Crippen MR) is 95.2 cm³/mol. The maximum Gasteiger partial charge on any atom is 0.470 e. The summed E-state index contributed by atoms with van der Waals surface area (Å²) in [5.41, 5.74) is 4.96. The minimum atomic E-state index is -5.34. The van der Waals surface area contributed by atoms with E-state index in [-0.39, 0.29) is 37.6 Å². The molecule has 10 nitrogen and oxygen atoms in total. The average Bonchev–Trinajstić information content (AvgIpc) is 3.12. The standard InChI is InChI=1S/C16H16F6N5O5P/c17-8-4-10(19)9(18)3-7(8)14(32-33(29,30)31)11(23)5-13(28)26-1-2-27-12(6-26)24-25-15(27)16(20,21)22/h3-4,11,14H,1-2,5-6,23H2,(H2,29,30,31)/t11-,14?/m0/s1. The van der Waals surface area contributed by atoms with Gasteiger partial charge in [-0.2, -0.15) is 13.2 Å². The van der Waals surface area contributed by atoms with Crippen LogP contribution in [0.3, 0.4) is 0 Å². The lowest BCUT2D eigenvalue weighted by Gasteiger charge is -2.30. The van der Waals surface area contributed by atoms with E-state index in [1.807, 2.05) is 0 Å². The molecule has 2 aromatic rings. The molecule has 1 amide bonds. The van der Waals surface area contributed by atoms with E-state index in [4.69, 9.17) is 15.5 Å². The molecule has 0 saturated heterocycles. The minimum Gasteiger partial charge on any atom is -0.333 e. The smallest absolute Gasteiger partial charge is 0.333 e. The van der Waals surface area contributed by atoms with E-state index in [0.29, 0.717) is 0 Å². The van der Waals surface area contributed by atoms with Gasteiger partial charge in [0.1, 0.15) is 11.9 Å². The number of rotatable bonds is 6. The highest BCUT2D eigenvalue weighted by molar-refractivity contribution is 7.46. The van der Waals surface area contributed by atoms with Crippen LogP contribution in [0.1, 0.15) is 29.7 Å². The quantitative estimate of drug-likeness (QED) is 0.307. The summed E-state index contributed by atoms with van der Waals surface area (Å²) in [5.74, 6) is -6.75. The Labute approximate surface area is 181 Å². The SMILES string of the molecule is N[C@@H](CC(=O)N1CCn2c(nnc2C(F)(F)F)C1)C(OP(=O)(O)O)c1cc(F)c(F)cc1F. The van der Waals surface area contributed by atoms with Crippen LogP contribution in [0, 0.1) is 17.5 Å². The number of carbonyl (C=O) groups is 1. The number of aromatic nitrogens is 3.